The third-order valence-electron chi connectivity index (χ3n) is 2.58. The number of para-hydroxylation sites is 1. The molecule has 5 heteroatoms. The molecule has 0 spiro atoms. The molecule has 0 bridgehead atoms. The number of halogens is 1. The molecule has 0 saturated heterocycles. The van der Waals surface area contributed by atoms with Crippen molar-refractivity contribution in [3.63, 3.8) is 0 Å². The molecule has 0 saturated carbocycles. The number of alkyl halides is 1. The molecule has 1 rings (SSSR count). The molecule has 1 amide bonds. The number of nitrogens with zero attached hydrogens (tertiary/aromatic N) is 1. The first kappa shape index (κ1) is 15.0. The van der Waals surface area contributed by atoms with Crippen molar-refractivity contribution in [2.45, 2.75) is 18.3 Å². The van der Waals surface area contributed by atoms with Gasteiger partial charge in [-0.3, -0.25) is 4.79 Å². The molecule has 1 unspecified atom stereocenters. The molecule has 1 aromatic carbocycles. The third-order valence-corrected chi connectivity index (χ3v) is 2.97. The quantitative estimate of drug-likeness (QED) is 0.814. The molecule has 0 fully saturated rings. The van der Waals surface area contributed by atoms with Gasteiger partial charge in [-0.15, -0.1) is 0 Å². The van der Waals surface area contributed by atoms with Crippen LogP contribution in [0.15, 0.2) is 24.3 Å². The van der Waals surface area contributed by atoms with Gasteiger partial charge in [0.2, 0.25) is 5.91 Å². The minimum absolute atomic E-state index is 0.0463. The van der Waals surface area contributed by atoms with Crippen molar-refractivity contribution in [3.8, 4) is 5.75 Å². The van der Waals surface area contributed by atoms with E-state index in [0.29, 0.717) is 13.1 Å². The van der Waals surface area contributed by atoms with Crippen LogP contribution in [-0.2, 0) is 11.3 Å². The van der Waals surface area contributed by atoms with Crippen LogP contribution in [0.2, 0.25) is 0 Å². The van der Waals surface area contributed by atoms with Crippen LogP contribution in [0.5, 0.6) is 5.75 Å². The number of rotatable bonds is 6. The molecule has 0 heterocycles. The van der Waals surface area contributed by atoms with Gasteiger partial charge in [0, 0.05) is 18.7 Å². The number of hydrogen-bond donors (Lipinski definition) is 1. The van der Waals surface area contributed by atoms with Crippen molar-refractivity contribution in [1.29, 1.82) is 0 Å². The molecule has 0 aliphatic rings. The van der Waals surface area contributed by atoms with Crippen LogP contribution in [0.25, 0.3) is 0 Å². The molecular weight excluding hydrogens is 298 g/mol. The Hall–Kier alpha value is -1.07. The van der Waals surface area contributed by atoms with E-state index in [2.05, 4.69) is 15.9 Å². The van der Waals surface area contributed by atoms with Crippen molar-refractivity contribution in [1.82, 2.24) is 4.90 Å². The Morgan fingerprint density at radius 2 is 2.17 bits per heavy atom. The number of carbonyl (C=O) groups excluding carboxylic acids is 1. The zero-order valence-electron chi connectivity index (χ0n) is 10.6. The van der Waals surface area contributed by atoms with Gasteiger partial charge in [0.1, 0.15) is 5.75 Å². The summed E-state index contributed by atoms with van der Waals surface area (Å²) in [5.74, 6) is 0.699. The Labute approximate surface area is 116 Å². The van der Waals surface area contributed by atoms with E-state index in [1.54, 1.807) is 18.9 Å². The van der Waals surface area contributed by atoms with Gasteiger partial charge in [-0.2, -0.15) is 0 Å². The lowest BCUT2D eigenvalue weighted by atomic mass is 10.2. The topological polar surface area (TPSA) is 49.8 Å². The Balaban J connectivity index is 2.86. The maximum absolute atomic E-state index is 12.0. The highest BCUT2D eigenvalue weighted by atomic mass is 79.9. The second-order valence-corrected chi connectivity index (χ2v) is 5.28. The summed E-state index contributed by atoms with van der Waals surface area (Å²) in [4.78, 5) is 13.3. The Morgan fingerprint density at radius 3 is 2.72 bits per heavy atom. The summed E-state index contributed by atoms with van der Waals surface area (Å²) in [5, 5.41) is 9.03. The number of amides is 1. The summed E-state index contributed by atoms with van der Waals surface area (Å²) >= 11 is 3.26. The average molecular weight is 316 g/mol. The zero-order chi connectivity index (χ0) is 13.5. The van der Waals surface area contributed by atoms with Crippen molar-refractivity contribution in [2.75, 3.05) is 20.3 Å². The second-order valence-electron chi connectivity index (χ2n) is 3.91. The lowest BCUT2D eigenvalue weighted by Gasteiger charge is -2.24. The zero-order valence-corrected chi connectivity index (χ0v) is 12.2. The van der Waals surface area contributed by atoms with E-state index >= 15 is 0 Å². The highest BCUT2D eigenvalue weighted by molar-refractivity contribution is 9.10. The van der Waals surface area contributed by atoms with Crippen molar-refractivity contribution in [3.05, 3.63) is 29.8 Å². The van der Waals surface area contributed by atoms with Gasteiger partial charge in [0.05, 0.1) is 18.5 Å². The minimum atomic E-state index is -0.265. The second kappa shape index (κ2) is 7.38. The summed E-state index contributed by atoms with van der Waals surface area (Å²) in [5.41, 5.74) is 0.926. The number of hydrogen-bond acceptors (Lipinski definition) is 3. The lowest BCUT2D eigenvalue weighted by Crippen LogP contribution is -2.37. The number of carbonyl (C=O) groups is 1. The van der Waals surface area contributed by atoms with Gasteiger partial charge in [-0.05, 0) is 13.0 Å². The van der Waals surface area contributed by atoms with Crippen LogP contribution in [0, 0.1) is 0 Å². The van der Waals surface area contributed by atoms with Crippen molar-refractivity contribution >= 4 is 21.8 Å². The largest absolute Gasteiger partial charge is 0.496 e. The maximum atomic E-state index is 12.0. The predicted molar refractivity (Wildman–Crippen MR) is 73.9 cm³/mol. The average Bonchev–Trinajstić information content (AvgIpc) is 2.37. The Kier molecular flexibility index (Phi) is 6.15. The molecule has 1 N–H and O–H groups in total. The molecular formula is C13H18BrNO3. The standard InChI is InChI=1S/C13H18BrNO3/c1-10(14)13(17)15(7-8-16)9-11-5-3-4-6-12(11)18-2/h3-6,10,16H,7-9H2,1-2H3. The first-order chi connectivity index (χ1) is 8.60. The number of benzene rings is 1. The van der Waals surface area contributed by atoms with Crippen molar-refractivity contribution < 1.29 is 14.6 Å². The fourth-order valence-electron chi connectivity index (χ4n) is 1.68. The van der Waals surface area contributed by atoms with Gasteiger partial charge in [-0.1, -0.05) is 34.1 Å². The monoisotopic (exact) mass is 315 g/mol. The van der Waals surface area contributed by atoms with Crippen LogP contribution in [0.3, 0.4) is 0 Å². The van der Waals surface area contributed by atoms with E-state index in [-0.39, 0.29) is 17.3 Å². The van der Waals surface area contributed by atoms with Gasteiger partial charge < -0.3 is 14.7 Å². The molecule has 1 atom stereocenters. The van der Waals surface area contributed by atoms with Gasteiger partial charge >= 0.3 is 0 Å². The molecule has 0 aromatic heterocycles. The lowest BCUT2D eigenvalue weighted by molar-refractivity contribution is -0.131. The van der Waals surface area contributed by atoms with E-state index in [1.165, 1.54) is 0 Å². The molecule has 100 valence electrons. The van der Waals surface area contributed by atoms with Gasteiger partial charge in [-0.25, -0.2) is 0 Å². The molecule has 0 aliphatic heterocycles. The molecule has 4 nitrogen and oxygen atoms in total. The first-order valence-corrected chi connectivity index (χ1v) is 6.67. The maximum Gasteiger partial charge on any atom is 0.236 e. The summed E-state index contributed by atoms with van der Waals surface area (Å²) in [6.07, 6.45) is 0. The number of methoxy groups -OCH3 is 1. The Morgan fingerprint density at radius 1 is 1.50 bits per heavy atom. The van der Waals surface area contributed by atoms with E-state index < -0.39 is 0 Å². The predicted octanol–water partition coefficient (Wildman–Crippen LogP) is 1.80. The minimum Gasteiger partial charge on any atom is -0.496 e. The smallest absolute Gasteiger partial charge is 0.236 e. The van der Waals surface area contributed by atoms with E-state index in [0.717, 1.165) is 11.3 Å². The molecule has 0 aliphatic carbocycles. The highest BCUT2D eigenvalue weighted by Gasteiger charge is 2.19. The van der Waals surface area contributed by atoms with Crippen LogP contribution in [0.1, 0.15) is 12.5 Å². The van der Waals surface area contributed by atoms with E-state index in [9.17, 15) is 4.79 Å². The van der Waals surface area contributed by atoms with Crippen molar-refractivity contribution in [2.24, 2.45) is 0 Å². The van der Waals surface area contributed by atoms with E-state index in [4.69, 9.17) is 9.84 Å². The summed E-state index contributed by atoms with van der Waals surface area (Å²) in [6, 6.07) is 7.55. The molecule has 1 aromatic rings. The molecule has 18 heavy (non-hydrogen) atoms. The normalized spacial score (nSPS) is 12.0. The third kappa shape index (κ3) is 3.99. The van der Waals surface area contributed by atoms with Gasteiger partial charge in [0.25, 0.3) is 0 Å². The van der Waals surface area contributed by atoms with Crippen LogP contribution in [-0.4, -0.2) is 41.0 Å². The van der Waals surface area contributed by atoms with Gasteiger partial charge in [0.15, 0.2) is 0 Å². The Bertz CT molecular complexity index is 396. The summed E-state index contributed by atoms with van der Waals surface area (Å²) in [7, 11) is 1.60. The number of ether oxygens (including phenoxy) is 1. The van der Waals surface area contributed by atoms with Crippen LogP contribution < -0.4 is 4.74 Å². The fraction of sp³-hybridized carbons (Fsp3) is 0.462. The molecule has 0 radical (unpaired) electrons. The van der Waals surface area contributed by atoms with Crippen LogP contribution >= 0.6 is 15.9 Å². The van der Waals surface area contributed by atoms with E-state index in [1.807, 2.05) is 24.3 Å². The summed E-state index contributed by atoms with van der Waals surface area (Å²) in [6.45, 7) is 2.46. The SMILES string of the molecule is COc1ccccc1CN(CCO)C(=O)C(C)Br. The van der Waals surface area contributed by atoms with Crippen LogP contribution in [0.4, 0.5) is 0 Å². The number of aliphatic hydroxyl groups excluding tert-OH is 1. The number of aliphatic hydroxyl groups is 1. The first-order valence-electron chi connectivity index (χ1n) is 5.75. The summed E-state index contributed by atoms with van der Waals surface area (Å²) < 4.78 is 5.25. The highest BCUT2D eigenvalue weighted by Crippen LogP contribution is 2.20. The fourth-order valence-corrected chi connectivity index (χ4v) is 1.97.